The largest absolute Gasteiger partial charge is 0.340 e. The number of nitrogens with zero attached hydrogens (tertiary/aromatic N) is 4. The summed E-state index contributed by atoms with van der Waals surface area (Å²) in [7, 11) is 0. The number of benzene rings is 1. The second-order valence-electron chi connectivity index (χ2n) is 6.65. The van der Waals surface area contributed by atoms with Crippen molar-refractivity contribution < 1.29 is 4.79 Å². The lowest BCUT2D eigenvalue weighted by atomic mass is 10.1. The lowest BCUT2D eigenvalue weighted by Crippen LogP contribution is -2.48. The minimum absolute atomic E-state index is 0.181. The van der Waals surface area contributed by atoms with Crippen LogP contribution in [0.1, 0.15) is 16.8 Å². The van der Waals surface area contributed by atoms with Gasteiger partial charge in [-0.2, -0.15) is 0 Å². The fraction of sp³-hybridized carbons (Fsp3) is 0.368. The number of amides is 1. The van der Waals surface area contributed by atoms with Crippen molar-refractivity contribution in [2.75, 3.05) is 26.2 Å². The van der Waals surface area contributed by atoms with Gasteiger partial charge in [0.25, 0.3) is 0 Å². The Labute approximate surface area is 151 Å². The van der Waals surface area contributed by atoms with Crippen molar-refractivity contribution >= 4 is 22.2 Å². The average molecular weight is 354 g/mol. The summed E-state index contributed by atoms with van der Waals surface area (Å²) in [4.78, 5) is 22.4. The second-order valence-corrected chi connectivity index (χ2v) is 7.52. The lowest BCUT2D eigenvalue weighted by molar-refractivity contribution is -0.132. The van der Waals surface area contributed by atoms with Gasteiger partial charge in [-0.3, -0.25) is 14.1 Å². The number of carbonyl (C=O) groups is 1. The van der Waals surface area contributed by atoms with E-state index in [-0.39, 0.29) is 5.91 Å². The van der Waals surface area contributed by atoms with E-state index in [2.05, 4.69) is 41.1 Å². The highest BCUT2D eigenvalue weighted by molar-refractivity contribution is 7.15. The molecule has 6 heteroatoms. The van der Waals surface area contributed by atoms with E-state index in [1.54, 1.807) is 11.3 Å². The van der Waals surface area contributed by atoms with Gasteiger partial charge in [-0.15, -0.1) is 11.3 Å². The molecule has 2 aromatic heterocycles. The molecule has 0 spiro atoms. The third kappa shape index (κ3) is 3.75. The van der Waals surface area contributed by atoms with Crippen LogP contribution in [0.4, 0.5) is 0 Å². The molecule has 1 aromatic carbocycles. The SMILES string of the molecule is Cc1cccc(CN2CCN(C(=O)Cc3cn4ccsc4n3)CC2)c1. The monoisotopic (exact) mass is 354 g/mol. The second kappa shape index (κ2) is 6.98. The Morgan fingerprint density at radius 2 is 2.08 bits per heavy atom. The zero-order valence-electron chi connectivity index (χ0n) is 14.4. The van der Waals surface area contributed by atoms with Gasteiger partial charge in [-0.05, 0) is 12.5 Å². The predicted molar refractivity (Wildman–Crippen MR) is 99.8 cm³/mol. The van der Waals surface area contributed by atoms with Crippen LogP contribution in [0, 0.1) is 6.92 Å². The van der Waals surface area contributed by atoms with E-state index in [0.717, 1.165) is 43.4 Å². The Kier molecular flexibility index (Phi) is 4.55. The summed E-state index contributed by atoms with van der Waals surface area (Å²) in [5.74, 6) is 0.181. The molecule has 1 saturated heterocycles. The first-order valence-corrected chi connectivity index (χ1v) is 9.52. The van der Waals surface area contributed by atoms with Crippen LogP contribution in [-0.2, 0) is 17.8 Å². The smallest absolute Gasteiger partial charge is 0.228 e. The maximum Gasteiger partial charge on any atom is 0.228 e. The molecule has 5 nitrogen and oxygen atoms in total. The van der Waals surface area contributed by atoms with Gasteiger partial charge in [0.05, 0.1) is 12.1 Å². The number of thiazole rings is 1. The molecule has 3 aromatic rings. The maximum absolute atomic E-state index is 12.5. The number of fused-ring (bicyclic) bond motifs is 1. The van der Waals surface area contributed by atoms with E-state index in [1.807, 2.05) is 27.1 Å². The zero-order valence-corrected chi connectivity index (χ0v) is 15.2. The number of aryl methyl sites for hydroxylation is 1. The molecular weight excluding hydrogens is 332 g/mol. The fourth-order valence-corrected chi connectivity index (χ4v) is 4.07. The number of hydrogen-bond donors (Lipinski definition) is 0. The molecule has 0 bridgehead atoms. The molecule has 3 heterocycles. The molecule has 0 aliphatic carbocycles. The van der Waals surface area contributed by atoms with Crippen molar-refractivity contribution in [2.45, 2.75) is 19.9 Å². The standard InChI is InChI=1S/C19H22N4OS/c1-15-3-2-4-16(11-15)13-21-5-7-22(8-6-21)18(24)12-17-14-23-9-10-25-19(23)20-17/h2-4,9-11,14H,5-8,12-13H2,1H3. The van der Waals surface area contributed by atoms with E-state index in [9.17, 15) is 4.79 Å². The van der Waals surface area contributed by atoms with E-state index in [0.29, 0.717) is 6.42 Å². The summed E-state index contributed by atoms with van der Waals surface area (Å²) in [6, 6.07) is 8.65. The molecule has 1 aliphatic heterocycles. The van der Waals surface area contributed by atoms with Gasteiger partial charge >= 0.3 is 0 Å². The molecule has 1 aliphatic rings. The molecule has 0 saturated carbocycles. The van der Waals surface area contributed by atoms with Crippen molar-refractivity contribution in [3.05, 3.63) is 58.9 Å². The Balaban J connectivity index is 1.30. The number of imidazole rings is 1. The average Bonchev–Trinajstić information content (AvgIpc) is 3.17. The van der Waals surface area contributed by atoms with Gasteiger partial charge in [0.2, 0.25) is 5.91 Å². The molecule has 0 unspecified atom stereocenters. The van der Waals surface area contributed by atoms with Gasteiger partial charge in [-0.25, -0.2) is 4.98 Å². The summed E-state index contributed by atoms with van der Waals surface area (Å²) < 4.78 is 1.98. The first-order valence-electron chi connectivity index (χ1n) is 8.64. The van der Waals surface area contributed by atoms with Crippen molar-refractivity contribution in [1.29, 1.82) is 0 Å². The molecule has 4 rings (SSSR count). The minimum atomic E-state index is 0.181. The van der Waals surface area contributed by atoms with Crippen molar-refractivity contribution in [3.63, 3.8) is 0 Å². The Morgan fingerprint density at radius 1 is 1.24 bits per heavy atom. The summed E-state index contributed by atoms with van der Waals surface area (Å²) in [5, 5.41) is 2.00. The number of rotatable bonds is 4. The summed E-state index contributed by atoms with van der Waals surface area (Å²) >= 11 is 1.59. The summed E-state index contributed by atoms with van der Waals surface area (Å²) in [5.41, 5.74) is 3.50. The van der Waals surface area contributed by atoms with Crippen LogP contribution >= 0.6 is 11.3 Å². The van der Waals surface area contributed by atoms with E-state index in [1.165, 1.54) is 11.1 Å². The van der Waals surface area contributed by atoms with Gasteiger partial charge in [0.15, 0.2) is 4.96 Å². The zero-order chi connectivity index (χ0) is 17.2. The number of piperazine rings is 1. The molecule has 25 heavy (non-hydrogen) atoms. The fourth-order valence-electron chi connectivity index (χ4n) is 3.35. The lowest BCUT2D eigenvalue weighted by Gasteiger charge is -2.34. The molecule has 130 valence electrons. The van der Waals surface area contributed by atoms with Crippen LogP contribution in [-0.4, -0.2) is 51.3 Å². The molecule has 0 atom stereocenters. The molecule has 1 amide bonds. The number of aromatic nitrogens is 2. The van der Waals surface area contributed by atoms with Crippen LogP contribution < -0.4 is 0 Å². The van der Waals surface area contributed by atoms with Crippen molar-refractivity contribution in [2.24, 2.45) is 0 Å². The molecule has 1 fully saturated rings. The highest BCUT2D eigenvalue weighted by atomic mass is 32.1. The number of carbonyl (C=O) groups excluding carboxylic acids is 1. The first kappa shape index (κ1) is 16.3. The van der Waals surface area contributed by atoms with Gasteiger partial charge < -0.3 is 4.90 Å². The van der Waals surface area contributed by atoms with Crippen LogP contribution in [0.25, 0.3) is 4.96 Å². The van der Waals surface area contributed by atoms with E-state index in [4.69, 9.17) is 0 Å². The Morgan fingerprint density at radius 3 is 2.84 bits per heavy atom. The minimum Gasteiger partial charge on any atom is -0.340 e. The van der Waals surface area contributed by atoms with E-state index < -0.39 is 0 Å². The van der Waals surface area contributed by atoms with Gasteiger partial charge in [-0.1, -0.05) is 29.8 Å². The Hall–Kier alpha value is -2.18. The highest BCUT2D eigenvalue weighted by Gasteiger charge is 2.22. The van der Waals surface area contributed by atoms with Gasteiger partial charge in [0, 0.05) is 50.5 Å². The summed E-state index contributed by atoms with van der Waals surface area (Å²) in [6.45, 7) is 6.54. The van der Waals surface area contributed by atoms with Crippen LogP contribution in [0.15, 0.2) is 42.0 Å². The first-order chi connectivity index (χ1) is 12.2. The predicted octanol–water partition coefficient (Wildman–Crippen LogP) is 2.59. The molecule has 0 N–H and O–H groups in total. The van der Waals surface area contributed by atoms with E-state index >= 15 is 0 Å². The Bertz CT molecular complexity index is 848. The summed E-state index contributed by atoms with van der Waals surface area (Å²) in [6.07, 6.45) is 4.33. The highest BCUT2D eigenvalue weighted by Crippen LogP contribution is 2.14. The third-order valence-corrected chi connectivity index (χ3v) is 5.46. The molecular formula is C19H22N4OS. The van der Waals surface area contributed by atoms with Crippen LogP contribution in [0.3, 0.4) is 0 Å². The third-order valence-electron chi connectivity index (χ3n) is 4.69. The van der Waals surface area contributed by atoms with Crippen molar-refractivity contribution in [1.82, 2.24) is 19.2 Å². The normalized spacial score (nSPS) is 15.8. The number of hydrogen-bond acceptors (Lipinski definition) is 4. The van der Waals surface area contributed by atoms with Crippen LogP contribution in [0.5, 0.6) is 0 Å². The topological polar surface area (TPSA) is 40.9 Å². The molecule has 0 radical (unpaired) electrons. The van der Waals surface area contributed by atoms with Crippen molar-refractivity contribution in [3.8, 4) is 0 Å². The van der Waals surface area contributed by atoms with Crippen LogP contribution in [0.2, 0.25) is 0 Å². The maximum atomic E-state index is 12.5. The van der Waals surface area contributed by atoms with Gasteiger partial charge in [0.1, 0.15) is 0 Å². The quantitative estimate of drug-likeness (QED) is 0.723.